The molecule has 3 heterocycles. The van der Waals surface area contributed by atoms with Gasteiger partial charge in [0, 0.05) is 37.5 Å². The van der Waals surface area contributed by atoms with Crippen LogP contribution in [0.4, 0.5) is 5.82 Å². The minimum Gasteiger partial charge on any atom is -0.356 e. The van der Waals surface area contributed by atoms with E-state index in [1.807, 2.05) is 0 Å². The van der Waals surface area contributed by atoms with E-state index in [0.717, 1.165) is 51.4 Å². The molecule has 1 atom stereocenters. The minimum absolute atomic E-state index is 0.586. The summed E-state index contributed by atoms with van der Waals surface area (Å²) in [7, 11) is 0. The molecule has 1 saturated carbocycles. The molecule has 4 rings (SSSR count). The average molecular weight is 315 g/mol. The van der Waals surface area contributed by atoms with Crippen molar-refractivity contribution in [1.82, 2.24) is 15.3 Å². The molecule has 0 amide bonds. The fourth-order valence-electron chi connectivity index (χ4n) is 4.39. The first-order valence-electron chi connectivity index (χ1n) is 9.40. The normalized spacial score (nSPS) is 25.6. The lowest BCUT2D eigenvalue weighted by atomic mass is 10.0. The second-order valence-corrected chi connectivity index (χ2v) is 7.40. The molecule has 0 unspecified atom stereocenters. The summed E-state index contributed by atoms with van der Waals surface area (Å²) < 4.78 is 0. The van der Waals surface area contributed by atoms with Crippen LogP contribution in [0.15, 0.2) is 0 Å². The van der Waals surface area contributed by atoms with Crippen molar-refractivity contribution in [3.8, 4) is 0 Å². The maximum Gasteiger partial charge on any atom is 0.135 e. The van der Waals surface area contributed by atoms with E-state index in [1.165, 1.54) is 49.2 Å². The fourth-order valence-corrected chi connectivity index (χ4v) is 4.39. The van der Waals surface area contributed by atoms with E-state index in [9.17, 15) is 0 Å². The van der Waals surface area contributed by atoms with Crippen LogP contribution >= 0.6 is 0 Å². The maximum atomic E-state index is 5.90. The molecule has 5 nitrogen and oxygen atoms in total. The van der Waals surface area contributed by atoms with Crippen molar-refractivity contribution in [2.75, 3.05) is 37.6 Å². The Balaban J connectivity index is 1.71. The van der Waals surface area contributed by atoms with Crippen molar-refractivity contribution in [2.45, 2.75) is 50.9 Å². The number of hydrogen-bond donors (Lipinski definition) is 2. The lowest BCUT2D eigenvalue weighted by Gasteiger charge is -2.24. The van der Waals surface area contributed by atoms with Crippen LogP contribution in [-0.4, -0.2) is 42.7 Å². The largest absolute Gasteiger partial charge is 0.356 e. The third-order valence-corrected chi connectivity index (χ3v) is 5.82. The third kappa shape index (κ3) is 3.09. The Labute approximate surface area is 139 Å². The average Bonchev–Trinajstić information content (AvgIpc) is 3.22. The monoisotopic (exact) mass is 315 g/mol. The van der Waals surface area contributed by atoms with Gasteiger partial charge in [-0.3, -0.25) is 0 Å². The van der Waals surface area contributed by atoms with Crippen LogP contribution in [0.5, 0.6) is 0 Å². The highest BCUT2D eigenvalue weighted by atomic mass is 15.2. The van der Waals surface area contributed by atoms with E-state index in [0.29, 0.717) is 11.8 Å². The Bertz CT molecular complexity index is 553. The van der Waals surface area contributed by atoms with Crippen molar-refractivity contribution >= 4 is 5.82 Å². The molecule has 1 aromatic heterocycles. The molecule has 5 heteroatoms. The van der Waals surface area contributed by atoms with Crippen LogP contribution < -0.4 is 16.0 Å². The van der Waals surface area contributed by atoms with Gasteiger partial charge < -0.3 is 16.0 Å². The summed E-state index contributed by atoms with van der Waals surface area (Å²) in [6.45, 7) is 5.04. The van der Waals surface area contributed by atoms with Gasteiger partial charge in [-0.05, 0) is 44.7 Å². The zero-order valence-electron chi connectivity index (χ0n) is 14.1. The zero-order chi connectivity index (χ0) is 15.6. The minimum atomic E-state index is 0.586. The Morgan fingerprint density at radius 3 is 2.70 bits per heavy atom. The first kappa shape index (κ1) is 15.3. The molecular formula is C18H29N5. The molecule has 2 aliphatic heterocycles. The van der Waals surface area contributed by atoms with Gasteiger partial charge in [0.2, 0.25) is 0 Å². The van der Waals surface area contributed by atoms with Gasteiger partial charge in [-0.2, -0.15) is 0 Å². The number of anilines is 1. The molecule has 0 aromatic carbocycles. The third-order valence-electron chi connectivity index (χ3n) is 5.82. The predicted octanol–water partition coefficient (Wildman–Crippen LogP) is 1.61. The van der Waals surface area contributed by atoms with Gasteiger partial charge in [0.1, 0.15) is 11.6 Å². The Hall–Kier alpha value is -1.20. The second kappa shape index (κ2) is 6.73. The molecule has 1 aromatic rings. The van der Waals surface area contributed by atoms with Crippen molar-refractivity contribution < 1.29 is 0 Å². The topological polar surface area (TPSA) is 67.1 Å². The summed E-state index contributed by atoms with van der Waals surface area (Å²) in [5, 5.41) is 3.51. The molecule has 3 aliphatic rings. The van der Waals surface area contributed by atoms with Gasteiger partial charge >= 0.3 is 0 Å². The van der Waals surface area contributed by atoms with E-state index in [4.69, 9.17) is 15.7 Å². The number of hydrogen-bond acceptors (Lipinski definition) is 5. The molecule has 2 fully saturated rings. The number of aromatic nitrogens is 2. The van der Waals surface area contributed by atoms with E-state index >= 15 is 0 Å². The lowest BCUT2D eigenvalue weighted by Crippen LogP contribution is -2.26. The molecule has 23 heavy (non-hydrogen) atoms. The molecule has 1 saturated heterocycles. The van der Waals surface area contributed by atoms with Crippen molar-refractivity contribution in [3.63, 3.8) is 0 Å². The van der Waals surface area contributed by atoms with Crippen molar-refractivity contribution in [2.24, 2.45) is 11.7 Å². The molecule has 126 valence electrons. The summed E-state index contributed by atoms with van der Waals surface area (Å²) in [6, 6.07) is 0. The van der Waals surface area contributed by atoms with Gasteiger partial charge in [0.05, 0.1) is 5.69 Å². The van der Waals surface area contributed by atoms with Crippen LogP contribution in [0.2, 0.25) is 0 Å². The van der Waals surface area contributed by atoms with Gasteiger partial charge in [0.25, 0.3) is 0 Å². The second-order valence-electron chi connectivity index (χ2n) is 7.40. The van der Waals surface area contributed by atoms with Crippen LogP contribution in [0.3, 0.4) is 0 Å². The molecule has 3 N–H and O–H groups in total. The molecule has 1 aliphatic carbocycles. The summed E-state index contributed by atoms with van der Waals surface area (Å²) in [5.74, 6) is 3.56. The van der Waals surface area contributed by atoms with Gasteiger partial charge in [-0.15, -0.1) is 0 Å². The first-order chi connectivity index (χ1) is 11.3. The number of nitrogens with two attached hydrogens (primary N) is 1. The van der Waals surface area contributed by atoms with Crippen molar-refractivity contribution in [3.05, 3.63) is 17.1 Å². The highest BCUT2D eigenvalue weighted by Gasteiger charge is 2.29. The first-order valence-corrected chi connectivity index (χ1v) is 9.40. The summed E-state index contributed by atoms with van der Waals surface area (Å²) in [5.41, 5.74) is 8.60. The van der Waals surface area contributed by atoms with Crippen LogP contribution in [-0.2, 0) is 12.8 Å². The number of rotatable bonds is 3. The smallest absolute Gasteiger partial charge is 0.135 e. The maximum absolute atomic E-state index is 5.90. The van der Waals surface area contributed by atoms with Crippen LogP contribution in [0, 0.1) is 5.92 Å². The Morgan fingerprint density at radius 2 is 1.91 bits per heavy atom. The standard InChI is InChI=1S/C18H29N5/c19-11-13-7-10-23(12-13)18-15-5-8-20-9-6-16(15)21-17(22-18)14-3-1-2-4-14/h13-14,20H,1-12,19H2/t13-/m0/s1. The highest BCUT2D eigenvalue weighted by Crippen LogP contribution is 2.35. The fraction of sp³-hybridized carbons (Fsp3) is 0.778. The van der Waals surface area contributed by atoms with Crippen molar-refractivity contribution in [1.29, 1.82) is 0 Å². The molecule has 0 radical (unpaired) electrons. The van der Waals surface area contributed by atoms with Gasteiger partial charge in [-0.25, -0.2) is 9.97 Å². The van der Waals surface area contributed by atoms with Crippen LogP contribution in [0.25, 0.3) is 0 Å². The molecule has 0 spiro atoms. The Kier molecular flexibility index (Phi) is 4.49. The summed E-state index contributed by atoms with van der Waals surface area (Å²) >= 11 is 0. The SMILES string of the molecule is NC[C@@H]1CCN(c2nc(C3CCCC3)nc3c2CCNCC3)C1. The number of nitrogens with one attached hydrogen (secondary N) is 1. The van der Waals surface area contributed by atoms with E-state index in [2.05, 4.69) is 10.2 Å². The quantitative estimate of drug-likeness (QED) is 0.887. The van der Waals surface area contributed by atoms with Gasteiger partial charge in [0.15, 0.2) is 0 Å². The van der Waals surface area contributed by atoms with Gasteiger partial charge in [-0.1, -0.05) is 12.8 Å². The molecule has 0 bridgehead atoms. The van der Waals surface area contributed by atoms with E-state index in [-0.39, 0.29) is 0 Å². The molecular weight excluding hydrogens is 286 g/mol. The van der Waals surface area contributed by atoms with E-state index in [1.54, 1.807) is 0 Å². The Morgan fingerprint density at radius 1 is 1.09 bits per heavy atom. The zero-order valence-corrected chi connectivity index (χ0v) is 14.1. The summed E-state index contributed by atoms with van der Waals surface area (Å²) in [6.07, 6.45) is 8.50. The summed E-state index contributed by atoms with van der Waals surface area (Å²) in [4.78, 5) is 12.6. The predicted molar refractivity (Wildman–Crippen MR) is 92.9 cm³/mol. The highest BCUT2D eigenvalue weighted by molar-refractivity contribution is 5.51. The van der Waals surface area contributed by atoms with E-state index < -0.39 is 0 Å². The lowest BCUT2D eigenvalue weighted by molar-refractivity contribution is 0.601. The number of fused-ring (bicyclic) bond motifs is 1. The van der Waals surface area contributed by atoms with Crippen LogP contribution in [0.1, 0.15) is 55.1 Å². The number of nitrogens with zero attached hydrogens (tertiary/aromatic N) is 3.